The van der Waals surface area contributed by atoms with Gasteiger partial charge in [-0.25, -0.2) is 0 Å². The molecule has 0 aliphatic carbocycles. The second-order valence-electron chi connectivity index (χ2n) is 5.75. The molecule has 0 spiro atoms. The fraction of sp³-hybridized carbons (Fsp3) is 0.333. The number of fused-ring (bicyclic) bond motifs is 3. The van der Waals surface area contributed by atoms with Crippen molar-refractivity contribution in [2.24, 2.45) is 5.92 Å². The minimum Gasteiger partial charge on any atom is -0.459 e. The number of hydrogen-bond donors (Lipinski definition) is 1. The van der Waals surface area contributed by atoms with Crippen LogP contribution in [0.15, 0.2) is 40.8 Å². The molecule has 0 saturated heterocycles. The van der Waals surface area contributed by atoms with Gasteiger partial charge in [0.25, 0.3) is 0 Å². The van der Waals surface area contributed by atoms with E-state index < -0.39 is 0 Å². The van der Waals surface area contributed by atoms with Crippen LogP contribution in [0.2, 0.25) is 5.02 Å². The molecule has 1 atom stereocenters. The highest BCUT2D eigenvalue weighted by atomic mass is 35.5. The summed E-state index contributed by atoms with van der Waals surface area (Å²) in [5.74, 6) is 1.45. The quantitative estimate of drug-likeness (QED) is 0.684. The highest BCUT2D eigenvalue weighted by Gasteiger charge is 2.20. The van der Waals surface area contributed by atoms with Gasteiger partial charge in [-0.05, 0) is 24.6 Å². The van der Waals surface area contributed by atoms with E-state index in [0.29, 0.717) is 5.92 Å². The molecular weight excluding hydrogens is 282 g/mol. The summed E-state index contributed by atoms with van der Waals surface area (Å²) in [5.41, 5.74) is 0.925. The molecule has 0 fully saturated rings. The SMILES string of the molecule is CCNC(c1cc2cc(Cl)c3ccccc3c2o1)C(C)C. The standard InChI is InChI=1S/C18H20ClNO/c1-4-20-17(11(2)3)16-10-12-9-15(19)13-7-5-6-8-14(13)18(12)21-16/h5-11,17,20H,4H2,1-3H3. The molecule has 3 rings (SSSR count). The Kier molecular flexibility index (Phi) is 3.92. The van der Waals surface area contributed by atoms with Crippen molar-refractivity contribution < 1.29 is 4.42 Å². The van der Waals surface area contributed by atoms with E-state index in [0.717, 1.165) is 39.1 Å². The fourth-order valence-corrected chi connectivity index (χ4v) is 3.17. The van der Waals surface area contributed by atoms with Crippen molar-refractivity contribution in [2.45, 2.75) is 26.8 Å². The van der Waals surface area contributed by atoms with Crippen molar-refractivity contribution in [3.05, 3.63) is 47.2 Å². The third-order valence-corrected chi connectivity index (χ3v) is 4.20. The first-order chi connectivity index (χ1) is 10.1. The zero-order valence-electron chi connectivity index (χ0n) is 12.6. The topological polar surface area (TPSA) is 25.2 Å². The lowest BCUT2D eigenvalue weighted by molar-refractivity contribution is 0.357. The van der Waals surface area contributed by atoms with E-state index >= 15 is 0 Å². The van der Waals surface area contributed by atoms with Crippen LogP contribution in [0.3, 0.4) is 0 Å². The Morgan fingerprint density at radius 3 is 2.52 bits per heavy atom. The van der Waals surface area contributed by atoms with E-state index in [9.17, 15) is 0 Å². The molecule has 0 aliphatic rings. The van der Waals surface area contributed by atoms with Crippen molar-refractivity contribution in [2.75, 3.05) is 6.54 Å². The Bertz CT molecular complexity index is 775. The number of halogens is 1. The number of furan rings is 1. The van der Waals surface area contributed by atoms with Gasteiger partial charge in [-0.2, -0.15) is 0 Å². The van der Waals surface area contributed by atoms with E-state index in [4.69, 9.17) is 16.0 Å². The van der Waals surface area contributed by atoms with E-state index in [1.807, 2.05) is 24.3 Å². The maximum atomic E-state index is 6.39. The van der Waals surface area contributed by atoms with Gasteiger partial charge in [-0.15, -0.1) is 0 Å². The summed E-state index contributed by atoms with van der Waals surface area (Å²) in [4.78, 5) is 0. The molecule has 1 unspecified atom stereocenters. The second kappa shape index (κ2) is 5.70. The van der Waals surface area contributed by atoms with Crippen LogP contribution in [0.5, 0.6) is 0 Å². The summed E-state index contributed by atoms with van der Waals surface area (Å²) in [7, 11) is 0. The van der Waals surface area contributed by atoms with E-state index in [-0.39, 0.29) is 6.04 Å². The first kappa shape index (κ1) is 14.4. The van der Waals surface area contributed by atoms with E-state index in [2.05, 4.69) is 38.2 Å². The molecule has 0 bridgehead atoms. The van der Waals surface area contributed by atoms with Gasteiger partial charge in [0, 0.05) is 21.2 Å². The van der Waals surface area contributed by atoms with Crippen molar-refractivity contribution in [1.82, 2.24) is 5.32 Å². The zero-order valence-corrected chi connectivity index (χ0v) is 13.4. The van der Waals surface area contributed by atoms with Crippen molar-refractivity contribution in [3.63, 3.8) is 0 Å². The van der Waals surface area contributed by atoms with Crippen LogP contribution in [0.1, 0.15) is 32.6 Å². The van der Waals surface area contributed by atoms with Gasteiger partial charge >= 0.3 is 0 Å². The number of benzene rings is 2. The summed E-state index contributed by atoms with van der Waals surface area (Å²) in [6, 6.07) is 12.4. The van der Waals surface area contributed by atoms with Crippen molar-refractivity contribution in [3.8, 4) is 0 Å². The molecule has 0 radical (unpaired) electrons. The Morgan fingerprint density at radius 1 is 1.14 bits per heavy atom. The molecule has 0 amide bonds. The summed E-state index contributed by atoms with van der Waals surface area (Å²) < 4.78 is 6.19. The lowest BCUT2D eigenvalue weighted by Crippen LogP contribution is -2.24. The molecule has 21 heavy (non-hydrogen) atoms. The molecule has 1 N–H and O–H groups in total. The number of nitrogens with one attached hydrogen (secondary N) is 1. The highest BCUT2D eigenvalue weighted by Crippen LogP contribution is 2.36. The molecule has 2 aromatic carbocycles. The molecule has 1 heterocycles. The van der Waals surface area contributed by atoms with Crippen LogP contribution < -0.4 is 5.32 Å². The summed E-state index contributed by atoms with van der Waals surface area (Å²) >= 11 is 6.39. The average Bonchev–Trinajstić information content (AvgIpc) is 2.88. The molecule has 2 nitrogen and oxygen atoms in total. The lowest BCUT2D eigenvalue weighted by atomic mass is 10.0. The molecule has 110 valence electrons. The average molecular weight is 302 g/mol. The Balaban J connectivity index is 2.22. The largest absolute Gasteiger partial charge is 0.459 e. The molecule has 3 heteroatoms. The van der Waals surface area contributed by atoms with Gasteiger partial charge in [0.1, 0.15) is 11.3 Å². The van der Waals surface area contributed by atoms with Gasteiger partial charge in [0.15, 0.2) is 0 Å². The molecule has 1 aromatic heterocycles. The third kappa shape index (κ3) is 2.54. The summed E-state index contributed by atoms with van der Waals surface area (Å²) in [5, 5.41) is 7.45. The lowest BCUT2D eigenvalue weighted by Gasteiger charge is -2.19. The normalized spacial score (nSPS) is 13.4. The predicted molar refractivity (Wildman–Crippen MR) is 90.0 cm³/mol. The third-order valence-electron chi connectivity index (χ3n) is 3.89. The van der Waals surface area contributed by atoms with E-state index in [1.54, 1.807) is 0 Å². The van der Waals surface area contributed by atoms with E-state index in [1.165, 1.54) is 0 Å². The molecule has 3 aromatic rings. The minimum atomic E-state index is 0.222. The van der Waals surface area contributed by atoms with Gasteiger partial charge in [0.05, 0.1) is 6.04 Å². The number of rotatable bonds is 4. The minimum absolute atomic E-state index is 0.222. The highest BCUT2D eigenvalue weighted by molar-refractivity contribution is 6.37. The van der Waals surface area contributed by atoms with Crippen LogP contribution in [0, 0.1) is 5.92 Å². The molecular formula is C18H20ClNO. The van der Waals surface area contributed by atoms with Crippen LogP contribution in [-0.4, -0.2) is 6.54 Å². The van der Waals surface area contributed by atoms with Gasteiger partial charge < -0.3 is 9.73 Å². The Morgan fingerprint density at radius 2 is 1.86 bits per heavy atom. The van der Waals surface area contributed by atoms with Crippen LogP contribution in [0.4, 0.5) is 0 Å². The number of hydrogen-bond acceptors (Lipinski definition) is 2. The zero-order chi connectivity index (χ0) is 15.0. The molecule has 0 saturated carbocycles. The first-order valence-electron chi connectivity index (χ1n) is 7.46. The first-order valence-corrected chi connectivity index (χ1v) is 7.83. The second-order valence-corrected chi connectivity index (χ2v) is 6.16. The predicted octanol–water partition coefficient (Wildman–Crippen LogP) is 5.55. The van der Waals surface area contributed by atoms with Crippen molar-refractivity contribution >= 4 is 33.3 Å². The van der Waals surface area contributed by atoms with Crippen LogP contribution >= 0.6 is 11.6 Å². The van der Waals surface area contributed by atoms with Crippen LogP contribution in [0.25, 0.3) is 21.7 Å². The fourth-order valence-electron chi connectivity index (χ4n) is 2.88. The van der Waals surface area contributed by atoms with Gasteiger partial charge in [0.2, 0.25) is 0 Å². The Hall–Kier alpha value is -1.51. The summed E-state index contributed by atoms with van der Waals surface area (Å²) in [6.07, 6.45) is 0. The monoisotopic (exact) mass is 301 g/mol. The van der Waals surface area contributed by atoms with Crippen LogP contribution in [-0.2, 0) is 0 Å². The van der Waals surface area contributed by atoms with Crippen molar-refractivity contribution in [1.29, 1.82) is 0 Å². The van der Waals surface area contributed by atoms with Gasteiger partial charge in [-0.1, -0.05) is 56.6 Å². The smallest absolute Gasteiger partial charge is 0.142 e. The summed E-state index contributed by atoms with van der Waals surface area (Å²) in [6.45, 7) is 7.43. The Labute approximate surface area is 130 Å². The maximum absolute atomic E-state index is 6.39. The van der Waals surface area contributed by atoms with Gasteiger partial charge in [-0.3, -0.25) is 0 Å². The molecule has 0 aliphatic heterocycles. The maximum Gasteiger partial charge on any atom is 0.142 e.